The maximum Gasteiger partial charge on any atom is 0 e. The molecule has 0 heterocycles. The van der Waals surface area contributed by atoms with Gasteiger partial charge in [-0.05, 0) is 0 Å². The zero-order valence-corrected chi connectivity index (χ0v) is 34.0. The Balaban J connectivity index is 0.00000368. The second kappa shape index (κ2) is 14.2. The Morgan fingerprint density at radius 3 is 1.16 bits per heavy atom. The minimum atomic E-state index is -3.72. The second-order valence-corrected chi connectivity index (χ2v) is 24.4. The van der Waals surface area contributed by atoms with Gasteiger partial charge in [0.25, 0.3) is 0 Å². The molecule has 6 rings (SSSR count). The Morgan fingerprint density at radius 2 is 0.791 bits per heavy atom. The molecule has 0 saturated carbocycles. The molecule has 6 aromatic rings. The summed E-state index contributed by atoms with van der Waals surface area (Å²) in [4.78, 5) is 0. The van der Waals surface area contributed by atoms with E-state index in [0.29, 0.717) is 0 Å². The van der Waals surface area contributed by atoms with Crippen LogP contribution in [0.4, 0.5) is 0 Å². The van der Waals surface area contributed by atoms with E-state index in [1.807, 2.05) is 0 Å². The molecule has 7 heteroatoms. The van der Waals surface area contributed by atoms with Gasteiger partial charge in [-0.25, -0.2) is 0 Å². The van der Waals surface area contributed by atoms with Crippen LogP contribution in [0.3, 0.4) is 0 Å². The molecule has 0 aliphatic rings. The summed E-state index contributed by atoms with van der Waals surface area (Å²) in [6.45, 7) is 0. The van der Waals surface area contributed by atoms with E-state index in [-0.39, 0.29) is 20.4 Å². The van der Waals surface area contributed by atoms with Crippen molar-refractivity contribution in [3.8, 4) is 0 Å². The standard InChI is InChI=1S/C36H28I3OP2.Re/c37-34-27-16-28-35(36(34)38)42(39,32-23-12-4-13-24-32,33-25-14-5-15-26-33)40-41(29-17-6-1-7-18-29,30-19-8-2-9-20-30)31-21-10-3-11-22-31;/h1-28H;/q+1;. The van der Waals surface area contributed by atoms with Crippen molar-refractivity contribution in [3.05, 3.63) is 177 Å². The maximum atomic E-state index is 8.49. The van der Waals surface area contributed by atoms with Crippen LogP contribution in [0.2, 0.25) is 0 Å². The van der Waals surface area contributed by atoms with Crippen LogP contribution < -0.4 is 31.8 Å². The van der Waals surface area contributed by atoms with Crippen LogP contribution in [0.15, 0.2) is 170 Å². The van der Waals surface area contributed by atoms with Crippen molar-refractivity contribution in [2.24, 2.45) is 0 Å². The van der Waals surface area contributed by atoms with Gasteiger partial charge >= 0.3 is 292 Å². The number of hydrogen-bond acceptors (Lipinski definition) is 1. The third-order valence-electron chi connectivity index (χ3n) is 7.43. The Labute approximate surface area is 309 Å². The predicted molar refractivity (Wildman–Crippen MR) is 211 cm³/mol. The average Bonchev–Trinajstić information content (AvgIpc) is 3.07. The number of hydrogen-bond donors (Lipinski definition) is 0. The molecule has 0 fully saturated rings. The average molecular weight is 1110 g/mol. The molecular weight excluding hydrogens is 1080 g/mol. The van der Waals surface area contributed by atoms with Crippen molar-refractivity contribution in [2.75, 3.05) is 0 Å². The van der Waals surface area contributed by atoms with Crippen LogP contribution in [0.25, 0.3) is 0 Å². The minimum Gasteiger partial charge on any atom is 0 e. The monoisotopic (exact) mass is 1110 g/mol. The molecule has 215 valence electrons. The zero-order valence-electron chi connectivity index (χ0n) is 23.0. The summed E-state index contributed by atoms with van der Waals surface area (Å²) in [5.41, 5.74) is 0. The Kier molecular flexibility index (Phi) is 11.0. The Hall–Kier alpha value is -1.01. The molecule has 0 N–H and O–H groups in total. The molecule has 0 amide bonds. The zero-order chi connectivity index (χ0) is 29.1. The van der Waals surface area contributed by atoms with Crippen molar-refractivity contribution in [1.29, 1.82) is 0 Å². The van der Waals surface area contributed by atoms with E-state index in [1.165, 1.54) is 39.0 Å². The summed E-state index contributed by atoms with van der Waals surface area (Å²) in [6.07, 6.45) is 0. The summed E-state index contributed by atoms with van der Waals surface area (Å²) < 4.78 is 7.21. The second-order valence-electron chi connectivity index (χ2n) is 9.87. The summed E-state index contributed by atoms with van der Waals surface area (Å²) in [5, 5.41) is 7.21. The van der Waals surface area contributed by atoms with Crippen molar-refractivity contribution in [3.63, 3.8) is 0 Å². The van der Waals surface area contributed by atoms with Crippen molar-refractivity contribution >= 4 is 111 Å². The largest absolute Gasteiger partial charge is 0 e. The summed E-state index contributed by atoms with van der Waals surface area (Å²) in [5.74, 6) is 0. The van der Waals surface area contributed by atoms with Crippen molar-refractivity contribution < 1.29 is 24.7 Å². The molecule has 0 aliphatic heterocycles. The molecule has 43 heavy (non-hydrogen) atoms. The Bertz CT molecular complexity index is 1660. The van der Waals surface area contributed by atoms with Gasteiger partial charge in [0, 0.05) is 20.4 Å². The topological polar surface area (TPSA) is 9.23 Å². The van der Waals surface area contributed by atoms with Crippen LogP contribution in [-0.2, 0) is 24.7 Å². The van der Waals surface area contributed by atoms with Gasteiger partial charge in [0.2, 0.25) is 0 Å². The molecular formula is C36H28I3OP2Re+. The first-order valence-corrected chi connectivity index (χ1v) is 22.4. The smallest absolute Gasteiger partial charge is 0 e. The summed E-state index contributed by atoms with van der Waals surface area (Å²) in [6, 6.07) is 61.2. The van der Waals surface area contributed by atoms with Gasteiger partial charge in [0.15, 0.2) is 0 Å². The summed E-state index contributed by atoms with van der Waals surface area (Å²) in [7, 11) is -2.73. The fourth-order valence-corrected chi connectivity index (χ4v) is 24.7. The summed E-state index contributed by atoms with van der Waals surface area (Å²) >= 11 is 7.79. The van der Waals surface area contributed by atoms with E-state index >= 15 is 0 Å². The number of benzene rings is 6. The van der Waals surface area contributed by atoms with Crippen molar-refractivity contribution in [2.45, 2.75) is 0 Å². The van der Waals surface area contributed by atoms with Crippen LogP contribution >= 0.6 is 79.2 Å². The third kappa shape index (κ3) is 5.99. The van der Waals surface area contributed by atoms with Gasteiger partial charge in [-0.3, -0.25) is 0 Å². The van der Waals surface area contributed by atoms with Gasteiger partial charge in [-0.1, -0.05) is 0 Å². The number of halogens is 3. The van der Waals surface area contributed by atoms with E-state index in [2.05, 4.69) is 237 Å². The van der Waals surface area contributed by atoms with Crippen LogP contribution in [-0.4, -0.2) is 0 Å². The van der Waals surface area contributed by atoms with Gasteiger partial charge < -0.3 is 0 Å². The molecule has 0 aromatic heterocycles. The van der Waals surface area contributed by atoms with E-state index in [4.69, 9.17) is 4.31 Å². The fraction of sp³-hybridized carbons (Fsp3) is 0. The van der Waals surface area contributed by atoms with E-state index in [1.54, 1.807) is 0 Å². The third-order valence-corrected chi connectivity index (χ3v) is 26.4. The molecule has 6 aromatic carbocycles. The first-order valence-electron chi connectivity index (χ1n) is 13.6. The van der Waals surface area contributed by atoms with E-state index in [0.717, 1.165) is 0 Å². The van der Waals surface area contributed by atoms with Gasteiger partial charge in [-0.15, -0.1) is 0 Å². The van der Waals surface area contributed by atoms with E-state index < -0.39 is 12.0 Å². The molecule has 1 nitrogen and oxygen atoms in total. The molecule has 0 bridgehead atoms. The molecule has 0 atom stereocenters. The van der Waals surface area contributed by atoms with Gasteiger partial charge in [0.1, 0.15) is 0 Å². The maximum absolute atomic E-state index is 8.49. The molecule has 0 unspecified atom stereocenters. The van der Waals surface area contributed by atoms with Crippen LogP contribution in [0.5, 0.6) is 0 Å². The van der Waals surface area contributed by atoms with Crippen molar-refractivity contribution in [1.82, 2.24) is 0 Å². The predicted octanol–water partition coefficient (Wildman–Crippen LogP) is 8.91. The molecule has 1 radical (unpaired) electrons. The molecule has 0 aliphatic carbocycles. The first-order chi connectivity index (χ1) is 20.5. The van der Waals surface area contributed by atoms with Gasteiger partial charge in [0.05, 0.1) is 0 Å². The quantitative estimate of drug-likeness (QED) is 0.109. The van der Waals surface area contributed by atoms with E-state index in [9.17, 15) is 0 Å². The SMILES string of the molecule is Ic1cccc(P(I)(O[P+](c2ccccc2)(c2ccccc2)c2ccccc2)(c2ccccc2)c2ccccc2)c1I.[Re]. The van der Waals surface area contributed by atoms with Crippen LogP contribution in [0.1, 0.15) is 0 Å². The molecule has 0 spiro atoms. The number of rotatable bonds is 8. The van der Waals surface area contributed by atoms with Crippen LogP contribution in [0, 0.1) is 7.14 Å². The minimum absolute atomic E-state index is 0. The van der Waals surface area contributed by atoms with Gasteiger partial charge in [-0.2, -0.15) is 0 Å². The molecule has 0 saturated heterocycles. The fourth-order valence-electron chi connectivity index (χ4n) is 5.49. The first kappa shape index (κ1) is 33.4. The Morgan fingerprint density at radius 1 is 0.442 bits per heavy atom. The normalized spacial score (nSPS) is 12.5.